The van der Waals surface area contributed by atoms with Gasteiger partial charge in [-0.3, -0.25) is 0 Å². The predicted octanol–water partition coefficient (Wildman–Crippen LogP) is 2.34. The Morgan fingerprint density at radius 1 is 1.47 bits per heavy atom. The van der Waals surface area contributed by atoms with E-state index in [1.54, 1.807) is 0 Å². The minimum Gasteiger partial charge on any atom is -0.369 e. The van der Waals surface area contributed by atoms with Gasteiger partial charge in [0.25, 0.3) is 0 Å². The Hall–Kier alpha value is -1.25. The summed E-state index contributed by atoms with van der Waals surface area (Å²) < 4.78 is 0. The molecule has 0 saturated heterocycles. The number of nitrogens with one attached hydrogen (secondary N) is 1. The molecule has 2 rings (SSSR count). The lowest BCUT2D eigenvalue weighted by atomic mass is 10.1. The van der Waals surface area contributed by atoms with Crippen molar-refractivity contribution in [1.82, 2.24) is 4.98 Å². The minimum absolute atomic E-state index is 1.03. The molecule has 1 aromatic heterocycles. The normalized spacial score (nSPS) is 15.5. The molecule has 0 aromatic carbocycles. The van der Waals surface area contributed by atoms with Crippen LogP contribution in [0.5, 0.6) is 0 Å². The van der Waals surface area contributed by atoms with Gasteiger partial charge in [0, 0.05) is 25.8 Å². The molecule has 0 fully saturated rings. The molecule has 1 aliphatic rings. The van der Waals surface area contributed by atoms with Crippen molar-refractivity contribution in [2.24, 2.45) is 0 Å². The third-order valence-corrected chi connectivity index (χ3v) is 3.15. The fourth-order valence-electron chi connectivity index (χ4n) is 2.10. The Morgan fingerprint density at radius 3 is 3.00 bits per heavy atom. The highest BCUT2D eigenvalue weighted by Crippen LogP contribution is 2.31. The molecule has 0 saturated carbocycles. The van der Waals surface area contributed by atoms with Gasteiger partial charge in [0.05, 0.1) is 5.69 Å². The summed E-state index contributed by atoms with van der Waals surface area (Å²) >= 11 is 0. The summed E-state index contributed by atoms with van der Waals surface area (Å²) in [6, 6.07) is 0. The summed E-state index contributed by atoms with van der Waals surface area (Å²) in [6.07, 6.45) is 3.14. The minimum atomic E-state index is 1.03. The first-order valence-corrected chi connectivity index (χ1v) is 5.69. The third-order valence-electron chi connectivity index (χ3n) is 3.15. The number of rotatable bonds is 1. The van der Waals surface area contributed by atoms with Crippen LogP contribution in [0, 0.1) is 13.8 Å². The molecule has 2 heterocycles. The van der Waals surface area contributed by atoms with E-state index in [4.69, 9.17) is 0 Å². The summed E-state index contributed by atoms with van der Waals surface area (Å²) in [5.41, 5.74) is 3.93. The Kier molecular flexibility index (Phi) is 2.80. The van der Waals surface area contributed by atoms with Crippen molar-refractivity contribution in [3.8, 4) is 0 Å². The van der Waals surface area contributed by atoms with Crippen molar-refractivity contribution in [3.05, 3.63) is 17.3 Å². The van der Waals surface area contributed by atoms with Crippen molar-refractivity contribution >= 4 is 11.5 Å². The molecule has 15 heavy (non-hydrogen) atoms. The lowest BCUT2D eigenvalue weighted by Crippen LogP contribution is -2.24. The summed E-state index contributed by atoms with van der Waals surface area (Å²) in [6.45, 7) is 9.73. The topological polar surface area (TPSA) is 28.2 Å². The van der Waals surface area contributed by atoms with E-state index in [0.29, 0.717) is 0 Å². The van der Waals surface area contributed by atoms with Crippen LogP contribution in [0.1, 0.15) is 24.5 Å². The summed E-state index contributed by atoms with van der Waals surface area (Å²) in [5.74, 6) is 1.05. The molecule has 0 amide bonds. The van der Waals surface area contributed by atoms with E-state index in [1.165, 1.54) is 23.2 Å². The van der Waals surface area contributed by atoms with Gasteiger partial charge in [-0.05, 0) is 38.3 Å². The maximum atomic E-state index is 4.49. The van der Waals surface area contributed by atoms with Gasteiger partial charge in [-0.25, -0.2) is 4.98 Å². The van der Waals surface area contributed by atoms with Crippen molar-refractivity contribution in [2.75, 3.05) is 29.9 Å². The first-order chi connectivity index (χ1) is 7.24. The zero-order valence-electron chi connectivity index (χ0n) is 9.80. The number of aryl methyl sites for hydroxylation is 1. The zero-order chi connectivity index (χ0) is 10.8. The highest BCUT2D eigenvalue weighted by molar-refractivity contribution is 5.71. The van der Waals surface area contributed by atoms with Crippen LogP contribution >= 0.6 is 0 Å². The number of pyridine rings is 1. The van der Waals surface area contributed by atoms with Gasteiger partial charge < -0.3 is 10.2 Å². The summed E-state index contributed by atoms with van der Waals surface area (Å²) in [7, 11) is 0. The second kappa shape index (κ2) is 4.09. The predicted molar refractivity (Wildman–Crippen MR) is 64.7 cm³/mol. The van der Waals surface area contributed by atoms with Crippen molar-refractivity contribution < 1.29 is 0 Å². The molecule has 0 atom stereocenters. The van der Waals surface area contributed by atoms with Crippen LogP contribution in [-0.2, 0) is 0 Å². The smallest absolute Gasteiger partial charge is 0.149 e. The molecule has 0 bridgehead atoms. The molecular weight excluding hydrogens is 186 g/mol. The van der Waals surface area contributed by atoms with E-state index >= 15 is 0 Å². The van der Waals surface area contributed by atoms with Crippen molar-refractivity contribution in [3.63, 3.8) is 0 Å². The van der Waals surface area contributed by atoms with E-state index < -0.39 is 0 Å². The van der Waals surface area contributed by atoms with Crippen LogP contribution in [0.2, 0.25) is 0 Å². The first-order valence-electron chi connectivity index (χ1n) is 5.69. The number of aromatic nitrogens is 1. The average molecular weight is 205 g/mol. The molecule has 0 spiro atoms. The number of hydrogen-bond donors (Lipinski definition) is 1. The Morgan fingerprint density at radius 2 is 2.27 bits per heavy atom. The highest BCUT2D eigenvalue weighted by atomic mass is 15.2. The molecule has 1 aliphatic heterocycles. The van der Waals surface area contributed by atoms with Crippen LogP contribution in [0.25, 0.3) is 0 Å². The van der Waals surface area contributed by atoms with Gasteiger partial charge in [-0.2, -0.15) is 0 Å². The summed E-state index contributed by atoms with van der Waals surface area (Å²) in [5, 5.41) is 3.40. The second-order valence-electron chi connectivity index (χ2n) is 4.12. The Bertz CT molecular complexity index is 360. The monoisotopic (exact) mass is 205 g/mol. The van der Waals surface area contributed by atoms with Crippen LogP contribution in [-0.4, -0.2) is 24.6 Å². The van der Waals surface area contributed by atoms with Gasteiger partial charge in [-0.1, -0.05) is 0 Å². The quantitative estimate of drug-likeness (QED) is 0.762. The zero-order valence-corrected chi connectivity index (χ0v) is 9.80. The van der Waals surface area contributed by atoms with E-state index in [0.717, 1.165) is 25.5 Å². The van der Waals surface area contributed by atoms with Crippen molar-refractivity contribution in [2.45, 2.75) is 27.2 Å². The van der Waals surface area contributed by atoms with Gasteiger partial charge in [0.15, 0.2) is 0 Å². The second-order valence-corrected chi connectivity index (χ2v) is 4.12. The van der Waals surface area contributed by atoms with E-state index in [2.05, 4.69) is 36.0 Å². The van der Waals surface area contributed by atoms with Gasteiger partial charge in [0.1, 0.15) is 5.82 Å². The van der Waals surface area contributed by atoms with Crippen LogP contribution in [0.15, 0.2) is 6.20 Å². The fourth-order valence-corrected chi connectivity index (χ4v) is 2.10. The van der Waals surface area contributed by atoms with Gasteiger partial charge >= 0.3 is 0 Å². The van der Waals surface area contributed by atoms with Crippen LogP contribution < -0.4 is 10.2 Å². The molecule has 3 heteroatoms. The fraction of sp³-hybridized carbons (Fsp3) is 0.583. The molecule has 82 valence electrons. The molecule has 0 aliphatic carbocycles. The molecule has 1 N–H and O–H groups in total. The third kappa shape index (κ3) is 1.78. The van der Waals surface area contributed by atoms with Gasteiger partial charge in [0.2, 0.25) is 0 Å². The first kappa shape index (κ1) is 10.3. The van der Waals surface area contributed by atoms with E-state index in [-0.39, 0.29) is 0 Å². The molecule has 0 radical (unpaired) electrons. The van der Waals surface area contributed by atoms with E-state index in [1.807, 2.05) is 6.20 Å². The van der Waals surface area contributed by atoms with Gasteiger partial charge in [-0.15, -0.1) is 0 Å². The highest BCUT2D eigenvalue weighted by Gasteiger charge is 2.17. The lowest BCUT2D eigenvalue weighted by molar-refractivity contribution is 0.784. The molecule has 3 nitrogen and oxygen atoms in total. The lowest BCUT2D eigenvalue weighted by Gasteiger charge is -2.24. The Balaban J connectivity index is 2.52. The van der Waals surface area contributed by atoms with Crippen molar-refractivity contribution in [1.29, 1.82) is 0 Å². The SMILES string of the molecule is CCN1CCCNc2ncc(C)c(C)c21. The summed E-state index contributed by atoms with van der Waals surface area (Å²) in [4.78, 5) is 6.91. The molecule has 1 aromatic rings. The number of nitrogens with zero attached hydrogens (tertiary/aromatic N) is 2. The maximum Gasteiger partial charge on any atom is 0.149 e. The van der Waals surface area contributed by atoms with Crippen LogP contribution in [0.3, 0.4) is 0 Å². The number of anilines is 2. The Labute approximate surface area is 91.5 Å². The maximum absolute atomic E-state index is 4.49. The number of fused-ring (bicyclic) bond motifs is 1. The van der Waals surface area contributed by atoms with E-state index in [9.17, 15) is 0 Å². The largest absolute Gasteiger partial charge is 0.369 e. The molecular formula is C12H19N3. The van der Waals surface area contributed by atoms with Crippen LogP contribution in [0.4, 0.5) is 11.5 Å². The average Bonchev–Trinajstić information content (AvgIpc) is 2.45. The standard InChI is InChI=1S/C12H19N3/c1-4-15-7-5-6-13-12-11(15)10(3)9(2)8-14-12/h8H,4-7H2,1-3H3,(H,13,14). The number of hydrogen-bond acceptors (Lipinski definition) is 3. The molecule has 0 unspecified atom stereocenters.